The van der Waals surface area contributed by atoms with Gasteiger partial charge < -0.3 is 14.2 Å². The number of halogens is 3. The van der Waals surface area contributed by atoms with Crippen LogP contribution >= 0.6 is 0 Å². The van der Waals surface area contributed by atoms with Crippen molar-refractivity contribution >= 4 is 15.7 Å². The molecule has 1 N–H and O–H groups in total. The highest BCUT2D eigenvalue weighted by atomic mass is 32.2. The molecular weight excluding hydrogens is 387 g/mol. The molecule has 0 spiro atoms. The van der Waals surface area contributed by atoms with E-state index in [0.29, 0.717) is 24.7 Å². The smallest absolute Gasteiger partial charge is 0.490 e. The number of hydrogen-bond acceptors (Lipinski definition) is 5. The largest absolute Gasteiger partial charge is 0.573 e. The van der Waals surface area contributed by atoms with Gasteiger partial charge in [0.1, 0.15) is 10.6 Å². The fourth-order valence-corrected chi connectivity index (χ4v) is 3.39. The van der Waals surface area contributed by atoms with E-state index in [1.807, 2.05) is 0 Å². The molecule has 0 aliphatic rings. The summed E-state index contributed by atoms with van der Waals surface area (Å²) in [5, 5.41) is 0. The molecule has 0 saturated carbocycles. The highest BCUT2D eigenvalue weighted by Gasteiger charge is 2.34. The quantitative estimate of drug-likeness (QED) is 0.713. The number of sulfonamides is 1. The van der Waals surface area contributed by atoms with Crippen molar-refractivity contribution in [3.05, 3.63) is 42.5 Å². The lowest BCUT2D eigenvalue weighted by molar-refractivity contribution is -0.275. The van der Waals surface area contributed by atoms with E-state index in [0.717, 1.165) is 12.1 Å². The summed E-state index contributed by atoms with van der Waals surface area (Å²) < 4.78 is 79.5. The highest BCUT2D eigenvalue weighted by Crippen LogP contribution is 2.34. The number of hydrogen-bond donors (Lipinski definition) is 1. The van der Waals surface area contributed by atoms with Crippen LogP contribution in [-0.2, 0) is 10.0 Å². The number of alkyl halides is 3. The van der Waals surface area contributed by atoms with Crippen LogP contribution in [0.3, 0.4) is 0 Å². The second-order valence-corrected chi connectivity index (χ2v) is 6.78. The summed E-state index contributed by atoms with van der Waals surface area (Å²) in [7, 11) is -4.34. The summed E-state index contributed by atoms with van der Waals surface area (Å²) >= 11 is 0. The molecular formula is C17H18F3NO5S. The molecule has 27 heavy (non-hydrogen) atoms. The van der Waals surface area contributed by atoms with E-state index in [1.165, 1.54) is 30.3 Å². The summed E-state index contributed by atoms with van der Waals surface area (Å²) in [6, 6.07) is 8.78. The lowest BCUT2D eigenvalue weighted by atomic mass is 10.3. The summed E-state index contributed by atoms with van der Waals surface area (Å²) in [6.07, 6.45) is -5.02. The maximum absolute atomic E-state index is 12.6. The minimum Gasteiger partial charge on any atom is -0.490 e. The number of para-hydroxylation sites is 1. The molecule has 0 unspecified atom stereocenters. The monoisotopic (exact) mass is 405 g/mol. The molecule has 2 rings (SSSR count). The van der Waals surface area contributed by atoms with E-state index >= 15 is 0 Å². The van der Waals surface area contributed by atoms with Gasteiger partial charge in [0.05, 0.1) is 18.9 Å². The van der Waals surface area contributed by atoms with Crippen LogP contribution in [0.5, 0.6) is 17.2 Å². The van der Waals surface area contributed by atoms with Gasteiger partial charge in [0.25, 0.3) is 10.0 Å². The second kappa shape index (κ2) is 8.38. The first-order valence-corrected chi connectivity index (χ1v) is 9.42. The highest BCUT2D eigenvalue weighted by molar-refractivity contribution is 7.92. The normalized spacial score (nSPS) is 11.7. The molecule has 0 aliphatic carbocycles. The van der Waals surface area contributed by atoms with Crippen LogP contribution in [0.4, 0.5) is 18.9 Å². The van der Waals surface area contributed by atoms with Gasteiger partial charge in [-0.2, -0.15) is 0 Å². The van der Waals surface area contributed by atoms with E-state index in [2.05, 4.69) is 9.46 Å². The van der Waals surface area contributed by atoms with Gasteiger partial charge in [-0.3, -0.25) is 4.72 Å². The third-order valence-electron chi connectivity index (χ3n) is 3.16. The molecule has 0 bridgehead atoms. The van der Waals surface area contributed by atoms with Crippen molar-refractivity contribution in [1.82, 2.24) is 0 Å². The molecule has 0 fully saturated rings. The minimum absolute atomic E-state index is 0.101. The number of ether oxygens (including phenoxy) is 3. The summed E-state index contributed by atoms with van der Waals surface area (Å²) in [5.74, 6) is -0.101. The maximum atomic E-state index is 12.6. The first-order chi connectivity index (χ1) is 12.7. The molecule has 0 saturated heterocycles. The Kier molecular flexibility index (Phi) is 6.42. The van der Waals surface area contributed by atoms with E-state index in [-0.39, 0.29) is 5.69 Å². The average Bonchev–Trinajstić information content (AvgIpc) is 2.56. The van der Waals surface area contributed by atoms with Crippen LogP contribution in [0.15, 0.2) is 47.4 Å². The maximum Gasteiger partial charge on any atom is 0.573 e. The lowest BCUT2D eigenvalue weighted by Crippen LogP contribution is -2.20. The van der Waals surface area contributed by atoms with Gasteiger partial charge in [0, 0.05) is 6.07 Å². The molecule has 0 atom stereocenters. The third-order valence-corrected chi connectivity index (χ3v) is 4.58. The van der Waals surface area contributed by atoms with Gasteiger partial charge in [0.15, 0.2) is 11.5 Å². The van der Waals surface area contributed by atoms with Gasteiger partial charge in [-0.05, 0) is 38.1 Å². The van der Waals surface area contributed by atoms with Crippen molar-refractivity contribution in [2.45, 2.75) is 25.1 Å². The van der Waals surface area contributed by atoms with Crippen LogP contribution in [0.25, 0.3) is 0 Å². The topological polar surface area (TPSA) is 73.9 Å². The second-order valence-electron chi connectivity index (χ2n) is 5.13. The Morgan fingerprint density at radius 1 is 0.926 bits per heavy atom. The van der Waals surface area contributed by atoms with Gasteiger partial charge in [0.2, 0.25) is 0 Å². The summed E-state index contributed by atoms with van der Waals surface area (Å²) in [5.41, 5.74) is 0.101. The number of rotatable bonds is 8. The SMILES string of the molecule is CCOc1ccc(NS(=O)(=O)c2ccccc2OC(F)(F)F)cc1OCC. The molecule has 2 aromatic carbocycles. The number of anilines is 1. The minimum atomic E-state index is -5.02. The Labute approximate surface area is 154 Å². The molecule has 0 aromatic heterocycles. The summed E-state index contributed by atoms with van der Waals surface area (Å²) in [4.78, 5) is -0.644. The van der Waals surface area contributed by atoms with Crippen molar-refractivity contribution in [2.24, 2.45) is 0 Å². The molecule has 0 amide bonds. The third kappa shape index (κ3) is 5.68. The zero-order valence-electron chi connectivity index (χ0n) is 14.5. The predicted octanol–water partition coefficient (Wildman–Crippen LogP) is 4.18. The van der Waals surface area contributed by atoms with Crippen LogP contribution in [0.1, 0.15) is 13.8 Å². The molecule has 10 heteroatoms. The summed E-state index contributed by atoms with van der Waals surface area (Å²) in [6.45, 7) is 4.23. The van der Waals surface area contributed by atoms with Crippen molar-refractivity contribution < 1.29 is 35.8 Å². The standard InChI is InChI=1S/C17H18F3NO5S/c1-3-24-13-10-9-12(11-15(13)25-4-2)21-27(22,23)16-8-6-5-7-14(16)26-17(18,19)20/h5-11,21H,3-4H2,1-2H3. The van der Waals surface area contributed by atoms with Gasteiger partial charge in [-0.1, -0.05) is 12.1 Å². The Morgan fingerprint density at radius 2 is 1.56 bits per heavy atom. The van der Waals surface area contributed by atoms with E-state index in [1.54, 1.807) is 13.8 Å². The number of benzene rings is 2. The molecule has 0 heterocycles. The first kappa shape index (κ1) is 20.7. The van der Waals surface area contributed by atoms with E-state index < -0.39 is 27.0 Å². The Hall–Kier alpha value is -2.62. The fraction of sp³-hybridized carbons (Fsp3) is 0.294. The van der Waals surface area contributed by atoms with Gasteiger partial charge in [-0.15, -0.1) is 13.2 Å². The molecule has 2 aromatic rings. The van der Waals surface area contributed by atoms with Crippen molar-refractivity contribution in [1.29, 1.82) is 0 Å². The molecule has 0 radical (unpaired) electrons. The van der Waals surface area contributed by atoms with Crippen molar-refractivity contribution in [2.75, 3.05) is 17.9 Å². The van der Waals surface area contributed by atoms with Gasteiger partial charge in [-0.25, -0.2) is 8.42 Å². The van der Waals surface area contributed by atoms with Crippen LogP contribution in [0, 0.1) is 0 Å². The molecule has 148 valence electrons. The van der Waals surface area contributed by atoms with Gasteiger partial charge >= 0.3 is 6.36 Å². The van der Waals surface area contributed by atoms with Crippen molar-refractivity contribution in [3.63, 3.8) is 0 Å². The first-order valence-electron chi connectivity index (χ1n) is 7.93. The van der Waals surface area contributed by atoms with Crippen LogP contribution in [0.2, 0.25) is 0 Å². The Bertz CT molecular complexity index is 884. The average molecular weight is 405 g/mol. The Morgan fingerprint density at radius 3 is 2.19 bits per heavy atom. The van der Waals surface area contributed by atoms with E-state index in [9.17, 15) is 21.6 Å². The lowest BCUT2D eigenvalue weighted by Gasteiger charge is -2.16. The van der Waals surface area contributed by atoms with E-state index in [4.69, 9.17) is 9.47 Å². The predicted molar refractivity (Wildman–Crippen MR) is 92.7 cm³/mol. The fourth-order valence-electron chi connectivity index (χ4n) is 2.21. The van der Waals surface area contributed by atoms with Crippen LogP contribution in [-0.4, -0.2) is 28.0 Å². The zero-order chi connectivity index (χ0) is 20.1. The van der Waals surface area contributed by atoms with Crippen molar-refractivity contribution in [3.8, 4) is 17.2 Å². The zero-order valence-corrected chi connectivity index (χ0v) is 15.4. The van der Waals surface area contributed by atoms with Crippen LogP contribution < -0.4 is 18.9 Å². The Balaban J connectivity index is 2.35. The number of nitrogens with one attached hydrogen (secondary N) is 1. The molecule has 0 aliphatic heterocycles. The molecule has 6 nitrogen and oxygen atoms in total.